The smallest absolute Gasteiger partial charge is 0.107 e. The molecule has 3 rings (SSSR count). The van der Waals surface area contributed by atoms with Crippen LogP contribution in [0.15, 0.2) is 18.2 Å². The van der Waals surface area contributed by atoms with Crippen LogP contribution in [0.4, 0.5) is 5.69 Å². The monoisotopic (exact) mass is 229 g/mol. The van der Waals surface area contributed by atoms with E-state index in [0.717, 1.165) is 17.0 Å². The number of hydrogen-bond donors (Lipinski definition) is 1. The van der Waals surface area contributed by atoms with Crippen LogP contribution in [0.5, 0.6) is 0 Å². The minimum absolute atomic E-state index is 0.245. The van der Waals surface area contributed by atoms with Crippen LogP contribution in [0.25, 0.3) is 11.0 Å². The van der Waals surface area contributed by atoms with Gasteiger partial charge in [-0.1, -0.05) is 12.8 Å². The van der Waals surface area contributed by atoms with Gasteiger partial charge in [-0.15, -0.1) is 0 Å². The quantitative estimate of drug-likeness (QED) is 0.763. The van der Waals surface area contributed by atoms with Gasteiger partial charge in [-0.3, -0.25) is 0 Å². The van der Waals surface area contributed by atoms with Gasteiger partial charge in [0.2, 0.25) is 0 Å². The molecule has 0 unspecified atom stereocenters. The number of rotatable bonds is 1. The summed E-state index contributed by atoms with van der Waals surface area (Å²) in [6.45, 7) is 4.45. The topological polar surface area (TPSA) is 43.8 Å². The lowest BCUT2D eigenvalue weighted by molar-refractivity contribution is 0.332. The van der Waals surface area contributed by atoms with E-state index >= 15 is 0 Å². The predicted molar refractivity (Wildman–Crippen MR) is 71.0 cm³/mol. The fourth-order valence-electron chi connectivity index (χ4n) is 3.26. The molecule has 0 bridgehead atoms. The van der Waals surface area contributed by atoms with Gasteiger partial charge in [0.25, 0.3) is 0 Å². The maximum Gasteiger partial charge on any atom is 0.107 e. The molecule has 0 spiro atoms. The second-order valence-corrected chi connectivity index (χ2v) is 5.45. The minimum atomic E-state index is 0.245. The van der Waals surface area contributed by atoms with Crippen LogP contribution in [0.2, 0.25) is 0 Å². The van der Waals surface area contributed by atoms with Crippen LogP contribution >= 0.6 is 0 Å². The Hall–Kier alpha value is -1.51. The molecule has 0 amide bonds. The number of benzene rings is 1. The molecule has 1 fully saturated rings. The fourth-order valence-corrected chi connectivity index (χ4v) is 3.26. The van der Waals surface area contributed by atoms with Crippen molar-refractivity contribution in [3.63, 3.8) is 0 Å². The van der Waals surface area contributed by atoms with Crippen molar-refractivity contribution in [1.82, 2.24) is 9.55 Å². The Bertz CT molecular complexity index is 562. The molecule has 1 aliphatic rings. The zero-order chi connectivity index (χ0) is 12.0. The highest BCUT2D eigenvalue weighted by molar-refractivity contribution is 5.80. The van der Waals surface area contributed by atoms with Crippen molar-refractivity contribution in [2.24, 2.45) is 0 Å². The number of nitrogens with two attached hydrogens (primary N) is 1. The summed E-state index contributed by atoms with van der Waals surface area (Å²) in [7, 11) is 0. The van der Waals surface area contributed by atoms with Crippen LogP contribution in [0.1, 0.15) is 38.4 Å². The third kappa shape index (κ3) is 1.53. The molecule has 0 saturated heterocycles. The number of aromatic nitrogens is 2. The van der Waals surface area contributed by atoms with Gasteiger partial charge in [0.05, 0.1) is 11.0 Å². The highest BCUT2D eigenvalue weighted by Crippen LogP contribution is 2.39. The first-order valence-corrected chi connectivity index (χ1v) is 6.35. The molecule has 0 radical (unpaired) electrons. The molecule has 1 aromatic heterocycles. The molecule has 1 saturated carbocycles. The van der Waals surface area contributed by atoms with E-state index in [1.807, 2.05) is 12.1 Å². The van der Waals surface area contributed by atoms with Crippen LogP contribution in [0.3, 0.4) is 0 Å². The summed E-state index contributed by atoms with van der Waals surface area (Å²) >= 11 is 0. The number of fused-ring (bicyclic) bond motifs is 1. The summed E-state index contributed by atoms with van der Waals surface area (Å²) in [6.07, 6.45) is 5.16. The average molecular weight is 229 g/mol. The number of nitrogen functional groups attached to an aromatic ring is 1. The molecular weight excluding hydrogens is 210 g/mol. The summed E-state index contributed by atoms with van der Waals surface area (Å²) < 4.78 is 2.41. The summed E-state index contributed by atoms with van der Waals surface area (Å²) in [5, 5.41) is 0. The van der Waals surface area contributed by atoms with Gasteiger partial charge < -0.3 is 10.3 Å². The molecule has 2 N–H and O–H groups in total. The van der Waals surface area contributed by atoms with Crippen LogP contribution < -0.4 is 5.73 Å². The lowest BCUT2D eigenvalue weighted by Crippen LogP contribution is -2.27. The molecule has 1 aromatic carbocycles. The molecule has 0 aliphatic heterocycles. The van der Waals surface area contributed by atoms with E-state index in [9.17, 15) is 0 Å². The normalized spacial score (nSPS) is 18.9. The summed E-state index contributed by atoms with van der Waals surface area (Å²) in [5.41, 5.74) is 9.10. The van der Waals surface area contributed by atoms with E-state index in [1.54, 1.807) is 0 Å². The Morgan fingerprint density at radius 1 is 1.29 bits per heavy atom. The molecule has 17 heavy (non-hydrogen) atoms. The van der Waals surface area contributed by atoms with E-state index in [0.29, 0.717) is 0 Å². The molecule has 1 heterocycles. The first kappa shape index (κ1) is 10.6. The number of aryl methyl sites for hydroxylation is 1. The Morgan fingerprint density at radius 2 is 2.00 bits per heavy atom. The fraction of sp³-hybridized carbons (Fsp3) is 0.500. The zero-order valence-electron chi connectivity index (χ0n) is 10.5. The van der Waals surface area contributed by atoms with Gasteiger partial charge in [-0.2, -0.15) is 0 Å². The van der Waals surface area contributed by atoms with E-state index in [1.165, 1.54) is 31.2 Å². The maximum absolute atomic E-state index is 5.82. The van der Waals surface area contributed by atoms with Crippen molar-refractivity contribution in [2.75, 3.05) is 5.73 Å². The molecule has 3 nitrogen and oxygen atoms in total. The standard InChI is InChI=1S/C14H19N3/c1-10-16-12-9-11(15)5-6-13(12)17(10)14(2)7-3-4-8-14/h5-6,9H,3-4,7-8,15H2,1-2H3. The third-order valence-corrected chi connectivity index (χ3v) is 4.07. The SMILES string of the molecule is Cc1nc2cc(N)ccc2n1C1(C)CCCC1. The summed E-state index contributed by atoms with van der Waals surface area (Å²) in [5.74, 6) is 1.11. The van der Waals surface area contributed by atoms with Crippen LogP contribution in [-0.4, -0.2) is 9.55 Å². The van der Waals surface area contributed by atoms with Crippen molar-refractivity contribution in [3.05, 3.63) is 24.0 Å². The highest BCUT2D eigenvalue weighted by atomic mass is 15.1. The van der Waals surface area contributed by atoms with Crippen molar-refractivity contribution in [1.29, 1.82) is 0 Å². The van der Waals surface area contributed by atoms with Gasteiger partial charge in [-0.05, 0) is 44.9 Å². The Balaban J connectivity index is 2.25. The van der Waals surface area contributed by atoms with Crippen molar-refractivity contribution in [3.8, 4) is 0 Å². The second kappa shape index (κ2) is 3.49. The third-order valence-electron chi connectivity index (χ3n) is 4.07. The molecular formula is C14H19N3. The number of hydrogen-bond acceptors (Lipinski definition) is 2. The lowest BCUT2D eigenvalue weighted by Gasteiger charge is -2.28. The minimum Gasteiger partial charge on any atom is -0.399 e. The van der Waals surface area contributed by atoms with Gasteiger partial charge in [-0.25, -0.2) is 4.98 Å². The molecule has 1 aliphatic carbocycles. The number of nitrogens with zero attached hydrogens (tertiary/aromatic N) is 2. The predicted octanol–water partition coefficient (Wildman–Crippen LogP) is 3.22. The number of imidazole rings is 1. The molecule has 90 valence electrons. The first-order valence-electron chi connectivity index (χ1n) is 6.35. The maximum atomic E-state index is 5.82. The van der Waals surface area contributed by atoms with Crippen molar-refractivity contribution >= 4 is 16.7 Å². The lowest BCUT2D eigenvalue weighted by atomic mass is 9.99. The molecule has 2 aromatic rings. The summed E-state index contributed by atoms with van der Waals surface area (Å²) in [6, 6.07) is 6.05. The average Bonchev–Trinajstić information content (AvgIpc) is 2.81. The van der Waals surface area contributed by atoms with Crippen molar-refractivity contribution in [2.45, 2.75) is 45.1 Å². The van der Waals surface area contributed by atoms with Gasteiger partial charge in [0.1, 0.15) is 5.82 Å². The van der Waals surface area contributed by atoms with E-state index < -0.39 is 0 Å². The Labute approximate surface area is 102 Å². The van der Waals surface area contributed by atoms with Crippen LogP contribution in [-0.2, 0) is 5.54 Å². The zero-order valence-corrected chi connectivity index (χ0v) is 10.5. The van der Waals surface area contributed by atoms with Gasteiger partial charge >= 0.3 is 0 Å². The molecule has 0 atom stereocenters. The van der Waals surface area contributed by atoms with E-state index in [-0.39, 0.29) is 5.54 Å². The highest BCUT2D eigenvalue weighted by Gasteiger charge is 2.32. The Kier molecular flexibility index (Phi) is 2.18. The second-order valence-electron chi connectivity index (χ2n) is 5.45. The van der Waals surface area contributed by atoms with E-state index in [4.69, 9.17) is 5.73 Å². The number of anilines is 1. The van der Waals surface area contributed by atoms with Crippen molar-refractivity contribution < 1.29 is 0 Å². The first-order chi connectivity index (χ1) is 8.10. The largest absolute Gasteiger partial charge is 0.399 e. The van der Waals surface area contributed by atoms with Crippen LogP contribution in [0, 0.1) is 6.92 Å². The Morgan fingerprint density at radius 3 is 2.71 bits per heavy atom. The summed E-state index contributed by atoms with van der Waals surface area (Å²) in [4.78, 5) is 4.65. The van der Waals surface area contributed by atoms with E-state index in [2.05, 4.69) is 29.5 Å². The molecule has 3 heteroatoms. The van der Waals surface area contributed by atoms with Gasteiger partial charge in [0.15, 0.2) is 0 Å². The van der Waals surface area contributed by atoms with Gasteiger partial charge in [0, 0.05) is 11.2 Å².